The summed E-state index contributed by atoms with van der Waals surface area (Å²) in [7, 11) is 1.66. The van der Waals surface area contributed by atoms with Gasteiger partial charge in [-0.15, -0.1) is 0 Å². The molecule has 0 spiro atoms. The van der Waals surface area contributed by atoms with Gasteiger partial charge in [-0.05, 0) is 55.4 Å². The highest BCUT2D eigenvalue weighted by Gasteiger charge is 2.31. The molecule has 0 aromatic heterocycles. The smallest absolute Gasteiger partial charge is 0.422 e. The van der Waals surface area contributed by atoms with Crippen LogP contribution in [0.2, 0.25) is 0 Å². The van der Waals surface area contributed by atoms with Crippen molar-refractivity contribution in [1.82, 2.24) is 15.8 Å². The van der Waals surface area contributed by atoms with Gasteiger partial charge < -0.3 is 14.4 Å². The lowest BCUT2D eigenvalue weighted by molar-refractivity contribution is 0.0104. The summed E-state index contributed by atoms with van der Waals surface area (Å²) >= 11 is 0. The van der Waals surface area contributed by atoms with Gasteiger partial charge in [0.2, 0.25) is 0 Å². The van der Waals surface area contributed by atoms with Crippen molar-refractivity contribution in [3.63, 3.8) is 0 Å². The monoisotopic (exact) mass is 317 g/mol. The molecule has 7 heteroatoms. The van der Waals surface area contributed by atoms with Crippen molar-refractivity contribution >= 4 is 12.2 Å². The zero-order valence-electron chi connectivity index (χ0n) is 15.3. The molecule has 0 aromatic rings. The summed E-state index contributed by atoms with van der Waals surface area (Å²) in [6.07, 6.45) is -0.986. The van der Waals surface area contributed by atoms with Crippen molar-refractivity contribution in [2.24, 2.45) is 0 Å². The largest absolute Gasteiger partial charge is 0.444 e. The van der Waals surface area contributed by atoms with Crippen LogP contribution in [0.4, 0.5) is 9.59 Å². The van der Waals surface area contributed by atoms with E-state index in [4.69, 9.17) is 9.47 Å². The molecular weight excluding hydrogens is 286 g/mol. The van der Waals surface area contributed by atoms with Gasteiger partial charge in [0.15, 0.2) is 0 Å². The third kappa shape index (κ3) is 8.71. The first kappa shape index (κ1) is 20.5. The molecule has 0 aliphatic heterocycles. The van der Waals surface area contributed by atoms with Gasteiger partial charge >= 0.3 is 12.2 Å². The van der Waals surface area contributed by atoms with Crippen molar-refractivity contribution in [2.75, 3.05) is 13.6 Å². The Balaban J connectivity index is 4.40. The van der Waals surface area contributed by atoms with Crippen LogP contribution in [0.3, 0.4) is 0 Å². The Kier molecular flexibility index (Phi) is 6.69. The third-order valence-corrected chi connectivity index (χ3v) is 2.69. The highest BCUT2D eigenvalue weighted by atomic mass is 16.6. The Bertz CT molecular complexity index is 395. The molecule has 130 valence electrons. The fourth-order valence-corrected chi connectivity index (χ4v) is 1.33. The maximum absolute atomic E-state index is 12.1. The lowest BCUT2D eigenvalue weighted by atomic mass is 10.0. The van der Waals surface area contributed by atoms with Crippen LogP contribution in [0.15, 0.2) is 0 Å². The maximum atomic E-state index is 12.1. The second-order valence-corrected chi connectivity index (χ2v) is 7.83. The van der Waals surface area contributed by atoms with E-state index in [0.29, 0.717) is 6.54 Å². The third-order valence-electron chi connectivity index (χ3n) is 2.69. The van der Waals surface area contributed by atoms with Crippen LogP contribution >= 0.6 is 0 Å². The van der Waals surface area contributed by atoms with Crippen molar-refractivity contribution in [3.8, 4) is 0 Å². The van der Waals surface area contributed by atoms with Crippen molar-refractivity contribution in [1.29, 1.82) is 0 Å². The average Bonchev–Trinajstić information content (AvgIpc) is 2.22. The fraction of sp³-hybridized carbons (Fsp3) is 0.867. The molecule has 0 aliphatic carbocycles. The highest BCUT2D eigenvalue weighted by molar-refractivity contribution is 5.69. The van der Waals surface area contributed by atoms with E-state index in [0.717, 1.165) is 0 Å². The molecule has 0 heterocycles. The van der Waals surface area contributed by atoms with Crippen LogP contribution in [-0.2, 0) is 9.47 Å². The number of carbonyl (C=O) groups is 2. The van der Waals surface area contributed by atoms with E-state index in [1.54, 1.807) is 27.8 Å². The SMILES string of the molecule is CN(C(=O)OC(C)(C)C)C(C)(C)CNNC(=O)OC(C)(C)C. The van der Waals surface area contributed by atoms with Gasteiger partial charge in [-0.3, -0.25) is 5.43 Å². The van der Waals surface area contributed by atoms with Gasteiger partial charge in [-0.2, -0.15) is 0 Å². The zero-order valence-corrected chi connectivity index (χ0v) is 15.3. The van der Waals surface area contributed by atoms with E-state index >= 15 is 0 Å². The minimum Gasteiger partial charge on any atom is -0.444 e. The highest BCUT2D eigenvalue weighted by Crippen LogP contribution is 2.16. The van der Waals surface area contributed by atoms with E-state index in [1.807, 2.05) is 34.6 Å². The summed E-state index contributed by atoms with van der Waals surface area (Å²) < 4.78 is 10.4. The summed E-state index contributed by atoms with van der Waals surface area (Å²) in [6.45, 7) is 14.9. The van der Waals surface area contributed by atoms with Crippen molar-refractivity contribution in [2.45, 2.75) is 72.1 Å². The number of ether oxygens (including phenoxy) is 2. The summed E-state index contributed by atoms with van der Waals surface area (Å²) in [5.41, 5.74) is 3.55. The quantitative estimate of drug-likeness (QED) is 0.779. The number of likely N-dealkylation sites (N-methyl/N-ethyl adjacent to an activating group) is 1. The number of hydrazine groups is 1. The van der Waals surface area contributed by atoms with E-state index in [2.05, 4.69) is 10.9 Å². The van der Waals surface area contributed by atoms with Crippen LogP contribution in [0.5, 0.6) is 0 Å². The van der Waals surface area contributed by atoms with E-state index < -0.39 is 28.9 Å². The van der Waals surface area contributed by atoms with Gasteiger partial charge in [-0.1, -0.05) is 0 Å². The fourth-order valence-electron chi connectivity index (χ4n) is 1.33. The zero-order chi connectivity index (χ0) is 17.8. The van der Waals surface area contributed by atoms with Gasteiger partial charge in [0.05, 0.1) is 5.54 Å². The van der Waals surface area contributed by atoms with E-state index in [9.17, 15) is 9.59 Å². The number of nitrogens with one attached hydrogen (secondary N) is 2. The molecule has 0 aromatic carbocycles. The number of hydrogen-bond acceptors (Lipinski definition) is 5. The minimum atomic E-state index is -0.566. The maximum Gasteiger partial charge on any atom is 0.422 e. The molecule has 0 saturated heterocycles. The van der Waals surface area contributed by atoms with E-state index in [-0.39, 0.29) is 0 Å². The Morgan fingerprint density at radius 3 is 1.77 bits per heavy atom. The lowest BCUT2D eigenvalue weighted by Crippen LogP contribution is -2.55. The van der Waals surface area contributed by atoms with Crippen LogP contribution in [0.1, 0.15) is 55.4 Å². The van der Waals surface area contributed by atoms with Gasteiger partial charge in [0.25, 0.3) is 0 Å². The number of amides is 2. The molecule has 2 N–H and O–H groups in total. The number of rotatable bonds is 4. The summed E-state index contributed by atoms with van der Waals surface area (Å²) in [4.78, 5) is 25.1. The molecule has 7 nitrogen and oxygen atoms in total. The number of hydrogen-bond donors (Lipinski definition) is 2. The molecule has 2 amide bonds. The van der Waals surface area contributed by atoms with Crippen LogP contribution < -0.4 is 10.9 Å². The molecule has 0 bridgehead atoms. The summed E-state index contributed by atoms with van der Waals surface area (Å²) in [6, 6.07) is 0. The van der Waals surface area contributed by atoms with Crippen LogP contribution in [-0.4, -0.2) is 47.4 Å². The van der Waals surface area contributed by atoms with E-state index in [1.165, 1.54) is 4.90 Å². The second-order valence-electron chi connectivity index (χ2n) is 7.83. The van der Waals surface area contributed by atoms with Crippen molar-refractivity contribution < 1.29 is 19.1 Å². The Morgan fingerprint density at radius 2 is 1.36 bits per heavy atom. The molecule has 22 heavy (non-hydrogen) atoms. The predicted molar refractivity (Wildman–Crippen MR) is 85.4 cm³/mol. The molecule has 0 aliphatic rings. The Hall–Kier alpha value is -1.50. The first-order chi connectivity index (χ1) is 9.64. The first-order valence-corrected chi connectivity index (χ1v) is 7.33. The lowest BCUT2D eigenvalue weighted by Gasteiger charge is -2.36. The second kappa shape index (κ2) is 7.17. The normalized spacial score (nSPS) is 12.6. The first-order valence-electron chi connectivity index (χ1n) is 7.33. The Morgan fingerprint density at radius 1 is 0.909 bits per heavy atom. The summed E-state index contributed by atoms with van der Waals surface area (Å²) in [5, 5.41) is 0. The molecule has 0 atom stereocenters. The predicted octanol–water partition coefficient (Wildman–Crippen LogP) is 2.66. The average molecular weight is 317 g/mol. The molecular formula is C15H31N3O4. The number of carbonyl (C=O) groups excluding carboxylic acids is 2. The van der Waals surface area contributed by atoms with Gasteiger partial charge in [0.1, 0.15) is 11.2 Å². The molecule has 0 radical (unpaired) electrons. The summed E-state index contributed by atoms with van der Waals surface area (Å²) in [5.74, 6) is 0. The van der Waals surface area contributed by atoms with Crippen LogP contribution in [0, 0.1) is 0 Å². The van der Waals surface area contributed by atoms with Gasteiger partial charge in [-0.25, -0.2) is 15.0 Å². The molecule has 0 fully saturated rings. The van der Waals surface area contributed by atoms with Crippen LogP contribution in [0.25, 0.3) is 0 Å². The molecule has 0 saturated carbocycles. The van der Waals surface area contributed by atoms with Gasteiger partial charge in [0, 0.05) is 13.6 Å². The molecule has 0 unspecified atom stereocenters. The topological polar surface area (TPSA) is 79.9 Å². The minimum absolute atomic E-state index is 0.335. The molecule has 0 rings (SSSR count). The standard InChI is InChI=1S/C15H31N3O4/c1-13(2,3)21-11(19)17-16-10-15(7,8)18(9)12(20)22-14(4,5)6/h16H,10H2,1-9H3,(H,17,19). The Labute approximate surface area is 133 Å². The van der Waals surface area contributed by atoms with Crippen molar-refractivity contribution in [3.05, 3.63) is 0 Å². The number of nitrogens with zero attached hydrogens (tertiary/aromatic N) is 1.